The highest BCUT2D eigenvalue weighted by Crippen LogP contribution is 2.38. The summed E-state index contributed by atoms with van der Waals surface area (Å²) in [5.41, 5.74) is 0.370. The summed E-state index contributed by atoms with van der Waals surface area (Å²) in [5.74, 6) is 0.905. The summed E-state index contributed by atoms with van der Waals surface area (Å²) in [6.07, 6.45) is 0.588. The topological polar surface area (TPSA) is 81.7 Å². The second-order valence-electron chi connectivity index (χ2n) is 5.46. The van der Waals surface area contributed by atoms with E-state index in [-0.39, 0.29) is 23.3 Å². The third-order valence-electron chi connectivity index (χ3n) is 3.74. The van der Waals surface area contributed by atoms with Gasteiger partial charge in [-0.15, -0.1) is 0 Å². The number of hydrogen-bond donors (Lipinski definition) is 1. The van der Waals surface area contributed by atoms with Crippen LogP contribution in [0.15, 0.2) is 12.1 Å². The third-order valence-corrected chi connectivity index (χ3v) is 5.85. The summed E-state index contributed by atoms with van der Waals surface area (Å²) in [4.78, 5) is 12.2. The third kappa shape index (κ3) is 3.30. The molecule has 0 aliphatic carbocycles. The molecule has 0 saturated carbocycles. The average Bonchev–Trinajstić information content (AvgIpc) is 2.84. The van der Waals surface area contributed by atoms with Gasteiger partial charge >= 0.3 is 0 Å². The number of amides is 1. The second-order valence-corrected chi connectivity index (χ2v) is 8.10. The van der Waals surface area contributed by atoms with Gasteiger partial charge < -0.3 is 14.8 Å². The molecule has 0 unspecified atom stereocenters. The van der Waals surface area contributed by atoms with Gasteiger partial charge in [-0.3, -0.25) is 4.79 Å². The summed E-state index contributed by atoms with van der Waals surface area (Å²) in [5, 5.41) is 3.08. The summed E-state index contributed by atoms with van der Waals surface area (Å²) in [6.45, 7) is 1.17. The van der Waals surface area contributed by atoms with Crippen molar-refractivity contribution in [2.24, 2.45) is 5.92 Å². The van der Waals surface area contributed by atoms with Gasteiger partial charge in [0.25, 0.3) is 5.91 Å². The summed E-state index contributed by atoms with van der Waals surface area (Å²) in [6, 6.07) is 3.11. The molecule has 0 aromatic heterocycles. The lowest BCUT2D eigenvalue weighted by molar-refractivity contribution is 0.0947. The zero-order chi connectivity index (χ0) is 15.7. The maximum Gasteiger partial charge on any atom is 0.251 e. The molecule has 1 atom stereocenters. The maximum absolute atomic E-state index is 12.2. The molecule has 1 fully saturated rings. The average molecular weight is 346 g/mol. The van der Waals surface area contributed by atoms with Crippen molar-refractivity contribution in [1.29, 1.82) is 0 Å². The van der Waals surface area contributed by atoms with Gasteiger partial charge in [0.2, 0.25) is 0 Å². The minimum atomic E-state index is -2.94. The smallest absolute Gasteiger partial charge is 0.251 e. The van der Waals surface area contributed by atoms with E-state index in [1.165, 1.54) is 6.07 Å². The molecular formula is C14H16ClNO5S. The number of fused-ring (bicyclic) bond motifs is 1. The van der Waals surface area contributed by atoms with Crippen molar-refractivity contribution in [3.8, 4) is 11.5 Å². The first kappa shape index (κ1) is 15.4. The minimum absolute atomic E-state index is 0.0263. The molecule has 0 radical (unpaired) electrons. The Balaban J connectivity index is 1.66. The van der Waals surface area contributed by atoms with Gasteiger partial charge in [-0.2, -0.15) is 0 Å². The largest absolute Gasteiger partial charge is 0.486 e. The molecule has 2 aliphatic heterocycles. The van der Waals surface area contributed by atoms with Crippen molar-refractivity contribution in [1.82, 2.24) is 5.32 Å². The molecule has 1 amide bonds. The quantitative estimate of drug-likeness (QED) is 0.892. The second kappa shape index (κ2) is 5.96. The van der Waals surface area contributed by atoms with Crippen LogP contribution in [0.3, 0.4) is 0 Å². The fraction of sp³-hybridized carbons (Fsp3) is 0.500. The Morgan fingerprint density at radius 2 is 2.09 bits per heavy atom. The highest BCUT2D eigenvalue weighted by Gasteiger charge is 2.28. The van der Waals surface area contributed by atoms with Gasteiger partial charge in [0, 0.05) is 12.1 Å². The SMILES string of the molecule is O=C(NC[C@@H]1CCS(=O)(=O)C1)c1cc(Cl)c2c(c1)OCCO2. The van der Waals surface area contributed by atoms with Crippen molar-refractivity contribution in [3.63, 3.8) is 0 Å². The summed E-state index contributed by atoms with van der Waals surface area (Å²) in [7, 11) is -2.94. The van der Waals surface area contributed by atoms with Crippen molar-refractivity contribution in [2.75, 3.05) is 31.3 Å². The number of ether oxygens (including phenoxy) is 2. The van der Waals surface area contributed by atoms with Crippen LogP contribution in [0.2, 0.25) is 5.02 Å². The van der Waals surface area contributed by atoms with Gasteiger partial charge in [-0.25, -0.2) is 8.42 Å². The van der Waals surface area contributed by atoms with E-state index in [1.807, 2.05) is 0 Å². The van der Waals surface area contributed by atoms with Gasteiger partial charge in [-0.05, 0) is 24.5 Å². The number of carbonyl (C=O) groups excluding carboxylic acids is 1. The lowest BCUT2D eigenvalue weighted by Gasteiger charge is -2.20. The molecule has 1 saturated heterocycles. The van der Waals surface area contributed by atoms with E-state index < -0.39 is 9.84 Å². The van der Waals surface area contributed by atoms with Crippen molar-refractivity contribution in [2.45, 2.75) is 6.42 Å². The number of carbonyl (C=O) groups is 1. The molecule has 1 N–H and O–H groups in total. The molecule has 3 rings (SSSR count). The Morgan fingerprint density at radius 3 is 2.82 bits per heavy atom. The molecule has 6 nitrogen and oxygen atoms in total. The van der Waals surface area contributed by atoms with Crippen LogP contribution >= 0.6 is 11.6 Å². The number of sulfone groups is 1. The van der Waals surface area contributed by atoms with E-state index >= 15 is 0 Å². The van der Waals surface area contributed by atoms with Crippen molar-refractivity contribution in [3.05, 3.63) is 22.7 Å². The molecular weight excluding hydrogens is 330 g/mol. The fourth-order valence-electron chi connectivity index (χ4n) is 2.61. The fourth-order valence-corrected chi connectivity index (χ4v) is 4.74. The van der Waals surface area contributed by atoms with Gasteiger partial charge in [0.1, 0.15) is 13.2 Å². The first-order chi connectivity index (χ1) is 10.4. The highest BCUT2D eigenvalue weighted by molar-refractivity contribution is 7.91. The molecule has 0 spiro atoms. The zero-order valence-corrected chi connectivity index (χ0v) is 13.4. The minimum Gasteiger partial charge on any atom is -0.486 e. The van der Waals surface area contributed by atoms with Crippen molar-refractivity contribution >= 4 is 27.3 Å². The number of hydrogen-bond acceptors (Lipinski definition) is 5. The number of halogens is 1. The standard InChI is InChI=1S/C14H16ClNO5S/c15-11-5-10(6-12-13(11)21-3-2-20-12)14(17)16-7-9-1-4-22(18,19)8-9/h5-6,9H,1-4,7-8H2,(H,16,17)/t9-/m0/s1. The monoisotopic (exact) mass is 345 g/mol. The first-order valence-electron chi connectivity index (χ1n) is 7.02. The van der Waals surface area contributed by atoms with E-state index in [2.05, 4.69) is 5.32 Å². The summed E-state index contributed by atoms with van der Waals surface area (Å²) < 4.78 is 33.6. The maximum atomic E-state index is 12.2. The molecule has 2 aliphatic rings. The predicted molar refractivity (Wildman–Crippen MR) is 81.5 cm³/mol. The zero-order valence-electron chi connectivity index (χ0n) is 11.8. The van der Waals surface area contributed by atoms with Crippen LogP contribution in [-0.2, 0) is 9.84 Å². The lowest BCUT2D eigenvalue weighted by Crippen LogP contribution is -2.30. The summed E-state index contributed by atoms with van der Waals surface area (Å²) >= 11 is 6.09. The number of rotatable bonds is 3. The first-order valence-corrected chi connectivity index (χ1v) is 9.22. The van der Waals surface area contributed by atoms with Crippen LogP contribution in [0.4, 0.5) is 0 Å². The van der Waals surface area contributed by atoms with Crippen LogP contribution in [0.5, 0.6) is 11.5 Å². The van der Waals surface area contributed by atoms with Gasteiger partial charge in [0.05, 0.1) is 16.5 Å². The van der Waals surface area contributed by atoms with E-state index in [0.717, 1.165) is 0 Å². The Bertz CT molecular complexity index is 703. The Hall–Kier alpha value is -1.47. The van der Waals surface area contributed by atoms with Crippen LogP contribution in [-0.4, -0.2) is 45.6 Å². The highest BCUT2D eigenvalue weighted by atomic mass is 35.5. The van der Waals surface area contributed by atoms with Gasteiger partial charge in [0.15, 0.2) is 21.3 Å². The molecule has 1 aromatic carbocycles. The number of nitrogens with one attached hydrogen (secondary N) is 1. The van der Waals surface area contributed by atoms with Crippen LogP contribution in [0.25, 0.3) is 0 Å². The van der Waals surface area contributed by atoms with Crippen LogP contribution in [0.1, 0.15) is 16.8 Å². The van der Waals surface area contributed by atoms with Crippen LogP contribution < -0.4 is 14.8 Å². The molecule has 120 valence electrons. The van der Waals surface area contributed by atoms with Crippen molar-refractivity contribution < 1.29 is 22.7 Å². The molecule has 8 heteroatoms. The molecule has 22 heavy (non-hydrogen) atoms. The molecule has 1 aromatic rings. The Kier molecular flexibility index (Phi) is 4.18. The normalized spacial score (nSPS) is 22.3. The molecule has 2 heterocycles. The number of benzene rings is 1. The van der Waals surface area contributed by atoms with E-state index in [4.69, 9.17) is 21.1 Å². The van der Waals surface area contributed by atoms with E-state index in [1.54, 1.807) is 6.07 Å². The Morgan fingerprint density at radius 1 is 1.32 bits per heavy atom. The van der Waals surface area contributed by atoms with E-state index in [0.29, 0.717) is 48.3 Å². The van der Waals surface area contributed by atoms with E-state index in [9.17, 15) is 13.2 Å². The lowest BCUT2D eigenvalue weighted by atomic mass is 10.1. The Labute approximate surface area is 133 Å². The molecule has 0 bridgehead atoms. The predicted octanol–water partition coefficient (Wildman–Crippen LogP) is 1.28. The van der Waals surface area contributed by atoms with Crippen LogP contribution in [0, 0.1) is 5.92 Å². The van der Waals surface area contributed by atoms with Gasteiger partial charge in [-0.1, -0.05) is 11.6 Å².